The molecule has 0 aromatic carbocycles. The van der Waals surface area contributed by atoms with Crippen LogP contribution >= 0.6 is 0 Å². The molecular formula is C8H11NO4. The Morgan fingerprint density at radius 3 is 2.54 bits per heavy atom. The second-order valence-corrected chi connectivity index (χ2v) is 3.79. The number of esters is 1. The first-order chi connectivity index (χ1) is 6.09. The Balaban J connectivity index is 2.17. The van der Waals surface area contributed by atoms with Crippen LogP contribution in [0.1, 0.15) is 26.2 Å². The van der Waals surface area contributed by atoms with Gasteiger partial charge in [0, 0.05) is 11.3 Å². The van der Waals surface area contributed by atoms with Crippen molar-refractivity contribution in [1.82, 2.24) is 0 Å². The van der Waals surface area contributed by atoms with E-state index in [-0.39, 0.29) is 12.0 Å². The number of ether oxygens (including phenoxy) is 1. The van der Waals surface area contributed by atoms with Crippen LogP contribution in [-0.2, 0) is 9.53 Å². The minimum absolute atomic E-state index is 0.213. The number of nitrogens with zero attached hydrogens (tertiary/aromatic N) is 1. The van der Waals surface area contributed by atoms with Crippen molar-refractivity contribution in [2.24, 2.45) is 5.41 Å². The minimum Gasteiger partial charge on any atom is -0.461 e. The Hall–Kier alpha value is -1.13. The van der Waals surface area contributed by atoms with Crippen LogP contribution in [0, 0.1) is 15.5 Å². The number of hydrogen-bond donors (Lipinski definition) is 0. The van der Waals surface area contributed by atoms with Gasteiger partial charge < -0.3 is 4.74 Å². The van der Waals surface area contributed by atoms with Gasteiger partial charge in [0.1, 0.15) is 0 Å². The van der Waals surface area contributed by atoms with Crippen LogP contribution in [0.4, 0.5) is 0 Å². The van der Waals surface area contributed by atoms with Gasteiger partial charge in [0.2, 0.25) is 0 Å². The number of nitro groups is 1. The fourth-order valence-corrected chi connectivity index (χ4v) is 2.06. The minimum atomic E-state index is -1.37. The highest BCUT2D eigenvalue weighted by Gasteiger charge is 2.89. The molecule has 13 heavy (non-hydrogen) atoms. The lowest BCUT2D eigenvalue weighted by molar-refractivity contribution is -0.530. The van der Waals surface area contributed by atoms with Crippen LogP contribution in [0.15, 0.2) is 0 Å². The smallest absolute Gasteiger partial charge is 0.385 e. The zero-order valence-corrected chi connectivity index (χ0v) is 7.41. The molecule has 0 saturated heterocycles. The molecule has 72 valence electrons. The Labute approximate surface area is 75.2 Å². The first-order valence-corrected chi connectivity index (χ1v) is 4.41. The van der Waals surface area contributed by atoms with Gasteiger partial charge in [-0.3, -0.25) is 10.1 Å². The van der Waals surface area contributed by atoms with Gasteiger partial charge in [0.25, 0.3) is 0 Å². The Kier molecular flexibility index (Phi) is 1.44. The summed E-state index contributed by atoms with van der Waals surface area (Å²) in [5.41, 5.74) is -1.69. The highest BCUT2D eigenvalue weighted by molar-refractivity contribution is 5.85. The van der Waals surface area contributed by atoms with Crippen molar-refractivity contribution in [3.05, 3.63) is 10.1 Å². The van der Waals surface area contributed by atoms with E-state index in [4.69, 9.17) is 4.74 Å². The Morgan fingerprint density at radius 1 is 1.62 bits per heavy atom. The van der Waals surface area contributed by atoms with Crippen molar-refractivity contribution in [2.45, 2.75) is 31.7 Å². The molecule has 5 nitrogen and oxygen atoms in total. The van der Waals surface area contributed by atoms with Crippen LogP contribution in [-0.4, -0.2) is 23.0 Å². The van der Waals surface area contributed by atoms with Crippen molar-refractivity contribution in [3.8, 4) is 0 Å². The number of hydrogen-bond acceptors (Lipinski definition) is 4. The summed E-state index contributed by atoms with van der Waals surface area (Å²) in [6, 6.07) is 0. The first-order valence-electron chi connectivity index (χ1n) is 4.41. The summed E-state index contributed by atoms with van der Waals surface area (Å²) in [7, 11) is 0. The van der Waals surface area contributed by atoms with Crippen LogP contribution < -0.4 is 0 Å². The van der Waals surface area contributed by atoms with E-state index in [1.165, 1.54) is 0 Å². The molecule has 2 aliphatic rings. The molecule has 2 rings (SSSR count). The summed E-state index contributed by atoms with van der Waals surface area (Å²) in [5.74, 6) is -0.641. The van der Waals surface area contributed by atoms with Crippen molar-refractivity contribution in [2.75, 3.05) is 6.61 Å². The molecule has 2 fully saturated rings. The van der Waals surface area contributed by atoms with E-state index in [1.54, 1.807) is 6.92 Å². The fraction of sp³-hybridized carbons (Fsp3) is 0.875. The highest BCUT2D eigenvalue weighted by Crippen LogP contribution is 2.74. The number of carbonyl (C=O) groups is 1. The van der Waals surface area contributed by atoms with Crippen molar-refractivity contribution in [1.29, 1.82) is 0 Å². The van der Waals surface area contributed by atoms with Gasteiger partial charge in [-0.25, -0.2) is 4.79 Å². The molecule has 2 aliphatic carbocycles. The van der Waals surface area contributed by atoms with E-state index in [9.17, 15) is 14.9 Å². The lowest BCUT2D eigenvalue weighted by atomic mass is 10.2. The molecule has 1 atom stereocenters. The van der Waals surface area contributed by atoms with Crippen LogP contribution in [0.2, 0.25) is 0 Å². The van der Waals surface area contributed by atoms with Gasteiger partial charge in [-0.05, 0) is 19.8 Å². The van der Waals surface area contributed by atoms with Crippen LogP contribution in [0.5, 0.6) is 0 Å². The number of carbonyl (C=O) groups excluding carboxylic acids is 1. The van der Waals surface area contributed by atoms with E-state index >= 15 is 0 Å². The summed E-state index contributed by atoms with van der Waals surface area (Å²) < 4.78 is 4.73. The van der Waals surface area contributed by atoms with E-state index < -0.39 is 16.4 Å². The molecule has 0 heterocycles. The second kappa shape index (κ2) is 2.21. The van der Waals surface area contributed by atoms with Gasteiger partial charge in [0.15, 0.2) is 0 Å². The van der Waals surface area contributed by atoms with Gasteiger partial charge in [-0.15, -0.1) is 0 Å². The van der Waals surface area contributed by atoms with Crippen molar-refractivity contribution in [3.63, 3.8) is 0 Å². The monoisotopic (exact) mass is 185 g/mol. The van der Waals surface area contributed by atoms with Crippen molar-refractivity contribution < 1.29 is 14.5 Å². The van der Waals surface area contributed by atoms with Crippen LogP contribution in [0.3, 0.4) is 0 Å². The normalized spacial score (nSPS) is 32.7. The molecular weight excluding hydrogens is 174 g/mol. The SMILES string of the molecule is CCOC(=O)C1([N+](=O)[O-])CC12CC2. The standard InChI is InChI=1S/C8H11NO4/c1-2-13-6(10)8(9(11)12)5-7(8)3-4-7/h2-5H2,1H3. The molecule has 0 amide bonds. The predicted molar refractivity (Wildman–Crippen MR) is 42.6 cm³/mol. The zero-order valence-electron chi connectivity index (χ0n) is 7.41. The second-order valence-electron chi connectivity index (χ2n) is 3.79. The molecule has 0 radical (unpaired) electrons. The third-order valence-corrected chi connectivity index (χ3v) is 3.12. The molecule has 2 saturated carbocycles. The topological polar surface area (TPSA) is 69.4 Å². The quantitative estimate of drug-likeness (QED) is 0.369. The van der Waals surface area contributed by atoms with E-state index in [1.807, 2.05) is 0 Å². The largest absolute Gasteiger partial charge is 0.461 e. The molecule has 0 bridgehead atoms. The first kappa shape index (κ1) is 8.47. The molecule has 0 N–H and O–H groups in total. The Morgan fingerprint density at radius 2 is 2.23 bits per heavy atom. The summed E-state index contributed by atoms with van der Waals surface area (Å²) in [5, 5.41) is 10.8. The summed E-state index contributed by atoms with van der Waals surface area (Å²) in [4.78, 5) is 21.7. The third kappa shape index (κ3) is 0.842. The Bertz CT molecular complexity index is 284. The summed E-state index contributed by atoms with van der Waals surface area (Å²) >= 11 is 0. The predicted octanol–water partition coefficient (Wildman–Crippen LogP) is 0.749. The van der Waals surface area contributed by atoms with Gasteiger partial charge in [-0.1, -0.05) is 0 Å². The fourth-order valence-electron chi connectivity index (χ4n) is 2.06. The van der Waals surface area contributed by atoms with Crippen LogP contribution in [0.25, 0.3) is 0 Å². The van der Waals surface area contributed by atoms with Gasteiger partial charge in [-0.2, -0.15) is 0 Å². The zero-order chi connectivity index (χ0) is 9.69. The lowest BCUT2D eigenvalue weighted by Crippen LogP contribution is -2.36. The van der Waals surface area contributed by atoms with E-state index in [2.05, 4.69) is 0 Å². The highest BCUT2D eigenvalue weighted by atomic mass is 16.6. The number of rotatable bonds is 3. The molecule has 0 aromatic heterocycles. The molecule has 0 aliphatic heterocycles. The molecule has 5 heteroatoms. The summed E-state index contributed by atoms with van der Waals surface area (Å²) in [6.07, 6.45) is 1.98. The molecule has 1 spiro atoms. The maximum atomic E-state index is 11.4. The van der Waals surface area contributed by atoms with Gasteiger partial charge >= 0.3 is 11.5 Å². The average molecular weight is 185 g/mol. The lowest BCUT2D eigenvalue weighted by Gasteiger charge is -2.06. The van der Waals surface area contributed by atoms with E-state index in [0.717, 1.165) is 12.8 Å². The van der Waals surface area contributed by atoms with Crippen molar-refractivity contribution >= 4 is 5.97 Å². The third-order valence-electron chi connectivity index (χ3n) is 3.12. The average Bonchev–Trinajstić information content (AvgIpc) is 2.92. The summed E-state index contributed by atoms with van der Waals surface area (Å²) in [6.45, 7) is 1.87. The van der Waals surface area contributed by atoms with E-state index in [0.29, 0.717) is 6.42 Å². The maximum Gasteiger partial charge on any atom is 0.385 e. The van der Waals surface area contributed by atoms with Gasteiger partial charge in [0.05, 0.1) is 12.0 Å². The molecule has 1 unspecified atom stereocenters. The molecule has 0 aromatic rings. The maximum absolute atomic E-state index is 11.4.